The number of nitrogens with zero attached hydrogens (tertiary/aromatic N) is 3. The fourth-order valence-corrected chi connectivity index (χ4v) is 5.55. The molecule has 3 aromatic rings. The number of rotatable bonds is 5. The normalized spacial score (nSPS) is 18.7. The largest absolute Gasteiger partial charge is 0.352 e. The summed E-state index contributed by atoms with van der Waals surface area (Å²) < 4.78 is 26.3. The van der Waals surface area contributed by atoms with Crippen LogP contribution in [0.3, 0.4) is 0 Å². The van der Waals surface area contributed by atoms with Crippen LogP contribution in [0.25, 0.3) is 21.8 Å². The summed E-state index contributed by atoms with van der Waals surface area (Å²) in [6.07, 6.45) is 2.99. The van der Waals surface area contributed by atoms with Crippen LogP contribution in [-0.4, -0.2) is 46.2 Å². The zero-order valence-electron chi connectivity index (χ0n) is 15.6. The van der Waals surface area contributed by atoms with E-state index in [0.717, 1.165) is 16.3 Å². The molecular formula is C19H22N4O4S. The van der Waals surface area contributed by atoms with Gasteiger partial charge in [0.25, 0.3) is 5.56 Å². The molecule has 0 spiro atoms. The molecule has 9 heteroatoms. The molecule has 148 valence electrons. The maximum Gasteiger partial charge on any atom is 0.291 e. The predicted octanol–water partition coefficient (Wildman–Crippen LogP) is 0.972. The van der Waals surface area contributed by atoms with Gasteiger partial charge in [-0.05, 0) is 18.9 Å². The summed E-state index contributed by atoms with van der Waals surface area (Å²) in [6, 6.07) is 7.47. The van der Waals surface area contributed by atoms with Crippen molar-refractivity contribution in [3.05, 3.63) is 40.8 Å². The molecule has 1 N–H and O–H groups in total. The second-order valence-electron chi connectivity index (χ2n) is 7.28. The van der Waals surface area contributed by atoms with E-state index in [2.05, 4.69) is 10.4 Å². The van der Waals surface area contributed by atoms with Gasteiger partial charge in [-0.15, -0.1) is 0 Å². The molecule has 2 aromatic heterocycles. The minimum absolute atomic E-state index is 0.0225. The number of nitrogens with one attached hydrogen (secondary N) is 1. The number of amides is 1. The Kier molecular flexibility index (Phi) is 4.70. The average Bonchev–Trinajstić information content (AvgIpc) is 3.16. The van der Waals surface area contributed by atoms with E-state index in [-0.39, 0.29) is 35.4 Å². The van der Waals surface area contributed by atoms with Crippen molar-refractivity contribution in [3.63, 3.8) is 0 Å². The van der Waals surface area contributed by atoms with Gasteiger partial charge in [0.15, 0.2) is 9.84 Å². The zero-order chi connectivity index (χ0) is 19.9. The van der Waals surface area contributed by atoms with Crippen LogP contribution in [0, 0.1) is 0 Å². The molecule has 0 radical (unpaired) electrons. The van der Waals surface area contributed by atoms with E-state index in [1.807, 2.05) is 28.8 Å². The van der Waals surface area contributed by atoms with Gasteiger partial charge in [-0.3, -0.25) is 9.59 Å². The van der Waals surface area contributed by atoms with Gasteiger partial charge >= 0.3 is 0 Å². The molecule has 0 saturated carbocycles. The highest BCUT2D eigenvalue weighted by molar-refractivity contribution is 7.91. The summed E-state index contributed by atoms with van der Waals surface area (Å²) in [5, 5.41) is 8.70. The Labute approximate surface area is 162 Å². The van der Waals surface area contributed by atoms with Crippen molar-refractivity contribution in [3.8, 4) is 0 Å². The number of fused-ring (bicyclic) bond motifs is 3. The highest BCUT2D eigenvalue weighted by Gasteiger charge is 2.28. The number of carbonyl (C=O) groups excluding carboxylic acids is 1. The molecule has 1 fully saturated rings. The Morgan fingerprint density at radius 2 is 2.07 bits per heavy atom. The second kappa shape index (κ2) is 7.05. The minimum Gasteiger partial charge on any atom is -0.352 e. The molecule has 1 amide bonds. The average molecular weight is 402 g/mol. The molecule has 0 aliphatic carbocycles. The Bertz CT molecular complexity index is 1230. The topological polar surface area (TPSA) is 103 Å². The minimum atomic E-state index is -3.02. The van der Waals surface area contributed by atoms with Crippen LogP contribution in [0.2, 0.25) is 0 Å². The first-order chi connectivity index (χ1) is 13.4. The number of para-hydroxylation sites is 1. The highest BCUT2D eigenvalue weighted by Crippen LogP contribution is 2.26. The van der Waals surface area contributed by atoms with E-state index >= 15 is 0 Å². The monoisotopic (exact) mass is 402 g/mol. The van der Waals surface area contributed by atoms with Gasteiger partial charge in [-0.2, -0.15) is 5.10 Å². The van der Waals surface area contributed by atoms with Crippen LogP contribution in [-0.2, 0) is 28.2 Å². The molecule has 1 aromatic carbocycles. The molecule has 1 aliphatic heterocycles. The number of sulfone groups is 1. The molecule has 4 rings (SSSR count). The third kappa shape index (κ3) is 3.42. The number of hydrogen-bond donors (Lipinski definition) is 1. The summed E-state index contributed by atoms with van der Waals surface area (Å²) in [6.45, 7) is 0.514. The van der Waals surface area contributed by atoms with Gasteiger partial charge < -0.3 is 9.88 Å². The first kappa shape index (κ1) is 18.7. The molecular weight excluding hydrogens is 380 g/mol. The van der Waals surface area contributed by atoms with Gasteiger partial charge in [0.05, 0.1) is 17.7 Å². The molecule has 0 unspecified atom stereocenters. The van der Waals surface area contributed by atoms with Gasteiger partial charge in [-0.1, -0.05) is 18.2 Å². The van der Waals surface area contributed by atoms with E-state index in [0.29, 0.717) is 24.9 Å². The van der Waals surface area contributed by atoms with Gasteiger partial charge in [0.2, 0.25) is 5.91 Å². The first-order valence-corrected chi connectivity index (χ1v) is 11.1. The van der Waals surface area contributed by atoms with E-state index in [1.165, 1.54) is 4.68 Å². The fourth-order valence-electron chi connectivity index (χ4n) is 3.88. The van der Waals surface area contributed by atoms with Crippen LogP contribution in [0.15, 0.2) is 35.3 Å². The Morgan fingerprint density at radius 1 is 1.29 bits per heavy atom. The maximum atomic E-state index is 12.7. The van der Waals surface area contributed by atoms with Crippen molar-refractivity contribution in [2.75, 3.05) is 11.5 Å². The third-order valence-corrected chi connectivity index (χ3v) is 7.02. The Balaban J connectivity index is 1.52. The number of hydrogen-bond acceptors (Lipinski definition) is 5. The molecule has 3 heterocycles. The summed E-state index contributed by atoms with van der Waals surface area (Å²) in [4.78, 5) is 24.8. The fraction of sp³-hybridized carbons (Fsp3) is 0.421. The zero-order valence-corrected chi connectivity index (χ0v) is 16.4. The molecule has 1 saturated heterocycles. The lowest BCUT2D eigenvalue weighted by atomic mass is 10.2. The summed E-state index contributed by atoms with van der Waals surface area (Å²) >= 11 is 0. The molecule has 8 nitrogen and oxygen atoms in total. The van der Waals surface area contributed by atoms with Crippen LogP contribution in [0.1, 0.15) is 19.3 Å². The summed E-state index contributed by atoms with van der Waals surface area (Å²) in [5.74, 6) is 0.00286. The molecule has 28 heavy (non-hydrogen) atoms. The molecule has 0 bridgehead atoms. The van der Waals surface area contributed by atoms with Crippen molar-refractivity contribution in [1.29, 1.82) is 0 Å². The molecule has 1 aliphatic rings. The number of aryl methyl sites for hydroxylation is 2. The van der Waals surface area contributed by atoms with Crippen molar-refractivity contribution in [2.45, 2.75) is 31.8 Å². The summed E-state index contributed by atoms with van der Waals surface area (Å²) in [5.41, 5.74) is 1.35. The van der Waals surface area contributed by atoms with Crippen molar-refractivity contribution < 1.29 is 13.2 Å². The van der Waals surface area contributed by atoms with Crippen molar-refractivity contribution in [1.82, 2.24) is 19.7 Å². The number of carbonyl (C=O) groups is 1. The van der Waals surface area contributed by atoms with E-state index in [9.17, 15) is 18.0 Å². The highest BCUT2D eigenvalue weighted by atomic mass is 32.2. The first-order valence-electron chi connectivity index (χ1n) is 9.29. The van der Waals surface area contributed by atoms with E-state index in [4.69, 9.17) is 0 Å². The van der Waals surface area contributed by atoms with Gasteiger partial charge in [-0.25, -0.2) is 13.1 Å². The van der Waals surface area contributed by atoms with Crippen molar-refractivity contribution >= 4 is 37.6 Å². The van der Waals surface area contributed by atoms with Crippen LogP contribution in [0.4, 0.5) is 0 Å². The quantitative estimate of drug-likeness (QED) is 0.685. The SMILES string of the molecule is Cn1ncc2c3ccccc3n(CCCC(=O)N[C@H]3CCS(=O)(=O)C3)c2c1=O. The van der Waals surface area contributed by atoms with Crippen LogP contribution < -0.4 is 10.9 Å². The van der Waals surface area contributed by atoms with Gasteiger partial charge in [0.1, 0.15) is 5.52 Å². The smallest absolute Gasteiger partial charge is 0.291 e. The second-order valence-corrected chi connectivity index (χ2v) is 9.50. The summed E-state index contributed by atoms with van der Waals surface area (Å²) in [7, 11) is -1.40. The lowest BCUT2D eigenvalue weighted by Gasteiger charge is -2.11. The Hall–Kier alpha value is -2.68. The van der Waals surface area contributed by atoms with E-state index < -0.39 is 9.84 Å². The van der Waals surface area contributed by atoms with E-state index in [1.54, 1.807) is 13.2 Å². The Morgan fingerprint density at radius 3 is 2.82 bits per heavy atom. The standard InChI is InChI=1S/C19H22N4O4S/c1-22-19(25)18-15(11-20-22)14-5-2-3-6-16(14)23(18)9-4-7-17(24)21-13-8-10-28(26,27)12-13/h2-3,5-6,11,13H,4,7-10,12H2,1H3,(H,21,24)/t13-/m0/s1. The lowest BCUT2D eigenvalue weighted by Crippen LogP contribution is -2.35. The number of benzene rings is 1. The lowest BCUT2D eigenvalue weighted by molar-refractivity contribution is -0.121. The molecule has 1 atom stereocenters. The number of aromatic nitrogens is 3. The third-order valence-electron chi connectivity index (χ3n) is 5.25. The van der Waals surface area contributed by atoms with Crippen molar-refractivity contribution in [2.24, 2.45) is 7.05 Å². The van der Waals surface area contributed by atoms with Crippen LogP contribution >= 0.6 is 0 Å². The van der Waals surface area contributed by atoms with Gasteiger partial charge in [0, 0.05) is 42.3 Å². The van der Waals surface area contributed by atoms with Crippen LogP contribution in [0.5, 0.6) is 0 Å². The maximum absolute atomic E-state index is 12.7. The predicted molar refractivity (Wildman–Crippen MR) is 107 cm³/mol.